The molecule has 3 aliphatic heterocycles. The van der Waals surface area contributed by atoms with Crippen molar-refractivity contribution in [2.75, 3.05) is 6.61 Å². The number of nitrogens with one attached hydrogen (secondary N) is 1. The molecule has 21 heteroatoms. The normalized spacial score (nSPS) is 32.2. The van der Waals surface area contributed by atoms with Gasteiger partial charge in [-0.15, -0.1) is 0 Å². The molecule has 3 aliphatic rings. The van der Waals surface area contributed by atoms with E-state index in [4.69, 9.17) is 19.4 Å². The summed E-state index contributed by atoms with van der Waals surface area (Å²) in [7, 11) is -16.7. The quantitative estimate of drug-likeness (QED) is 0.196. The zero-order chi connectivity index (χ0) is 24.2. The molecule has 0 aliphatic carbocycles. The van der Waals surface area contributed by atoms with Crippen LogP contribution in [-0.4, -0.2) is 75.5 Å². The number of aliphatic hydroxyl groups excluding tert-OH is 2. The van der Waals surface area contributed by atoms with Gasteiger partial charge in [0.2, 0.25) is 0 Å². The molecule has 0 spiro atoms. The summed E-state index contributed by atoms with van der Waals surface area (Å²) in [6.07, 6.45) is 0.0589. The third kappa shape index (κ3) is 5.28. The molecule has 1 aromatic heterocycles. The number of rotatable bonds is 8. The highest BCUT2D eigenvalue weighted by Crippen LogP contribution is 2.66. The van der Waals surface area contributed by atoms with Crippen molar-refractivity contribution in [1.29, 1.82) is 0 Å². The highest BCUT2D eigenvalue weighted by atomic mass is 31.3. The summed E-state index contributed by atoms with van der Waals surface area (Å²) in [5, 5.41) is 23.7. The van der Waals surface area contributed by atoms with Gasteiger partial charge in [0.25, 0.3) is 0 Å². The van der Waals surface area contributed by atoms with E-state index in [1.54, 1.807) is 17.3 Å². The molecule has 0 aromatic carbocycles. The maximum Gasteiger partial charge on any atom is 0.490 e. The van der Waals surface area contributed by atoms with Crippen molar-refractivity contribution in [2.45, 2.75) is 30.7 Å². The minimum absolute atomic E-state index is 0.317. The summed E-state index contributed by atoms with van der Waals surface area (Å²) in [6.45, 7) is -0.930. The molecule has 0 bridgehead atoms. The van der Waals surface area contributed by atoms with E-state index < -0.39 is 54.6 Å². The fourth-order valence-electron chi connectivity index (χ4n) is 3.29. The molecule has 1 aromatic rings. The Kier molecular flexibility index (Phi) is 6.44. The van der Waals surface area contributed by atoms with Gasteiger partial charge in [-0.3, -0.25) is 9.09 Å². The lowest BCUT2D eigenvalue weighted by molar-refractivity contribution is -0.0512. The summed E-state index contributed by atoms with van der Waals surface area (Å²) in [5.41, 5.74) is 0.504. The van der Waals surface area contributed by atoms with Gasteiger partial charge in [0, 0.05) is 12.4 Å². The van der Waals surface area contributed by atoms with Gasteiger partial charge in [-0.25, -0.2) is 23.7 Å². The molecule has 1 saturated heterocycles. The van der Waals surface area contributed by atoms with E-state index >= 15 is 0 Å². The number of phosphoric ester groups is 1. The average molecular weight is 533 g/mol. The van der Waals surface area contributed by atoms with E-state index in [0.29, 0.717) is 11.5 Å². The van der Waals surface area contributed by atoms with E-state index in [0.717, 1.165) is 0 Å². The first-order valence-corrected chi connectivity index (χ1v) is 13.4. The summed E-state index contributed by atoms with van der Waals surface area (Å²) >= 11 is 0. The van der Waals surface area contributed by atoms with Gasteiger partial charge in [0.1, 0.15) is 24.0 Å². The Morgan fingerprint density at radius 3 is 2.52 bits per heavy atom. The van der Waals surface area contributed by atoms with Crippen molar-refractivity contribution >= 4 is 35.6 Å². The summed E-state index contributed by atoms with van der Waals surface area (Å²) in [4.78, 5) is 46.0. The van der Waals surface area contributed by atoms with Gasteiger partial charge in [-0.1, -0.05) is 0 Å². The smallest absolute Gasteiger partial charge is 0.387 e. The van der Waals surface area contributed by atoms with Crippen molar-refractivity contribution in [3.05, 3.63) is 24.4 Å². The molecule has 7 unspecified atom stereocenters. The molecule has 33 heavy (non-hydrogen) atoms. The second-order valence-electron chi connectivity index (χ2n) is 6.87. The monoisotopic (exact) mass is 533 g/mol. The topological polar surface area (TPSA) is 255 Å². The third-order valence-electron chi connectivity index (χ3n) is 4.60. The Hall–Kier alpha value is -1.49. The van der Waals surface area contributed by atoms with Crippen LogP contribution < -0.4 is 5.32 Å². The van der Waals surface area contributed by atoms with Crippen LogP contribution in [0.5, 0.6) is 0 Å². The summed E-state index contributed by atoms with van der Waals surface area (Å²) < 4.78 is 52.4. The lowest BCUT2D eigenvalue weighted by Crippen LogP contribution is -2.33. The zero-order valence-electron chi connectivity index (χ0n) is 16.1. The van der Waals surface area contributed by atoms with Crippen LogP contribution in [-0.2, 0) is 31.6 Å². The Morgan fingerprint density at radius 2 is 1.82 bits per heavy atom. The van der Waals surface area contributed by atoms with E-state index in [-0.39, 0.29) is 6.17 Å². The molecule has 0 saturated carbocycles. The molecule has 7 N–H and O–H groups in total. The molecular formula is C12H18N5O13P3. The van der Waals surface area contributed by atoms with Crippen LogP contribution in [0.3, 0.4) is 0 Å². The molecule has 1 fully saturated rings. The van der Waals surface area contributed by atoms with Gasteiger partial charge in [-0.05, 0) is 0 Å². The van der Waals surface area contributed by atoms with Crippen molar-refractivity contribution in [1.82, 2.24) is 19.8 Å². The number of aliphatic imine (C=N–C) groups is 1. The Bertz CT molecular complexity index is 1120. The Morgan fingerprint density at radius 1 is 1.09 bits per heavy atom. The highest BCUT2D eigenvalue weighted by molar-refractivity contribution is 7.66. The molecule has 0 radical (unpaired) electrons. The zero-order valence-corrected chi connectivity index (χ0v) is 18.8. The average Bonchev–Trinajstić information content (AvgIpc) is 3.35. The lowest BCUT2D eigenvalue weighted by atomic mass is 10.1. The fourth-order valence-corrected chi connectivity index (χ4v) is 6.32. The van der Waals surface area contributed by atoms with Crippen molar-refractivity contribution in [3.8, 4) is 0 Å². The van der Waals surface area contributed by atoms with E-state index in [2.05, 4.69) is 28.4 Å². The summed E-state index contributed by atoms with van der Waals surface area (Å²) in [6, 6.07) is 0. The molecule has 4 rings (SSSR count). The van der Waals surface area contributed by atoms with Crippen LogP contribution in [0.2, 0.25) is 0 Å². The molecule has 4 heterocycles. The molecule has 18 nitrogen and oxygen atoms in total. The number of aromatic nitrogens is 2. The highest BCUT2D eigenvalue weighted by Gasteiger charge is 2.47. The third-order valence-corrected chi connectivity index (χ3v) is 8.40. The SMILES string of the molecule is O=P(O)(O)OP(=O)(O)OP(=O)(O)OCC1OC(n2cnc3c2N=CN2C=CNC32)C(O)C1O. The fraction of sp³-hybridized carbons (Fsp3) is 0.500. The lowest BCUT2D eigenvalue weighted by Gasteiger charge is -2.25. The van der Waals surface area contributed by atoms with Crippen LogP contribution in [0.15, 0.2) is 23.7 Å². The first-order chi connectivity index (χ1) is 15.3. The number of aliphatic hydroxyl groups is 2. The molecule has 7 atom stereocenters. The first-order valence-electron chi connectivity index (χ1n) is 8.87. The summed E-state index contributed by atoms with van der Waals surface area (Å²) in [5.74, 6) is 0.317. The van der Waals surface area contributed by atoms with Gasteiger partial charge in [0.05, 0.1) is 19.3 Å². The number of hydrogen-bond donors (Lipinski definition) is 7. The molecular weight excluding hydrogens is 515 g/mol. The standard InChI is InChI=1S/C12H18N5O13P3/c18-8-6(3-27-32(23,24)30-33(25,26)29-31(20,21)22)28-12(9(8)19)17-5-14-7-10-13-1-2-16(10)4-15-11(7)17/h1-2,4-6,8-10,12-13,18-19H,3H2,(H,23,24)(H,25,26)(H2,20,21,22). The number of phosphoric acid groups is 3. The van der Waals surface area contributed by atoms with Crippen molar-refractivity contribution in [3.63, 3.8) is 0 Å². The molecule has 0 amide bonds. The van der Waals surface area contributed by atoms with E-state index in [1.165, 1.54) is 17.2 Å². The number of nitrogens with zero attached hydrogens (tertiary/aromatic N) is 4. The van der Waals surface area contributed by atoms with Crippen LogP contribution in [0.25, 0.3) is 0 Å². The van der Waals surface area contributed by atoms with Crippen LogP contribution >= 0.6 is 23.5 Å². The van der Waals surface area contributed by atoms with E-state index in [1.807, 2.05) is 0 Å². The maximum absolute atomic E-state index is 11.9. The first kappa shape index (κ1) is 24.6. The van der Waals surface area contributed by atoms with Crippen molar-refractivity contribution in [2.24, 2.45) is 4.99 Å². The van der Waals surface area contributed by atoms with Crippen molar-refractivity contribution < 1.29 is 61.4 Å². The number of fused-ring (bicyclic) bond motifs is 3. The van der Waals surface area contributed by atoms with Gasteiger partial charge >= 0.3 is 23.5 Å². The van der Waals surface area contributed by atoms with Crippen LogP contribution in [0, 0.1) is 0 Å². The van der Waals surface area contributed by atoms with Gasteiger partial charge < -0.3 is 44.7 Å². The number of hydrogen-bond acceptors (Lipinski definition) is 13. The predicted molar refractivity (Wildman–Crippen MR) is 103 cm³/mol. The Labute approximate surface area is 184 Å². The second-order valence-corrected chi connectivity index (χ2v) is 11.3. The second kappa shape index (κ2) is 8.62. The van der Waals surface area contributed by atoms with E-state index in [9.17, 15) is 28.8 Å². The number of imidazole rings is 1. The maximum atomic E-state index is 11.9. The predicted octanol–water partition coefficient (Wildman–Crippen LogP) is -1.11. The van der Waals surface area contributed by atoms with Crippen LogP contribution in [0.4, 0.5) is 5.82 Å². The van der Waals surface area contributed by atoms with Crippen LogP contribution in [0.1, 0.15) is 18.1 Å². The minimum atomic E-state index is -5.70. The van der Waals surface area contributed by atoms with Gasteiger partial charge in [0.15, 0.2) is 18.2 Å². The van der Waals surface area contributed by atoms with Gasteiger partial charge in [-0.2, -0.15) is 8.62 Å². The Balaban J connectivity index is 1.42. The molecule has 184 valence electrons. The number of ether oxygens (including phenoxy) is 1. The largest absolute Gasteiger partial charge is 0.490 e. The minimum Gasteiger partial charge on any atom is -0.387 e.